The van der Waals surface area contributed by atoms with Crippen molar-refractivity contribution < 1.29 is 42.4 Å². The van der Waals surface area contributed by atoms with Crippen LogP contribution in [0.25, 0.3) is 0 Å². The van der Waals surface area contributed by atoms with Crippen LogP contribution in [-0.4, -0.2) is 58.2 Å². The van der Waals surface area contributed by atoms with Crippen molar-refractivity contribution in [3.63, 3.8) is 0 Å². The molecule has 11 heteroatoms. The average Bonchev–Trinajstić information content (AvgIpc) is 3.53. The fourth-order valence-electron chi connectivity index (χ4n) is 4.64. The Morgan fingerprint density at radius 3 is 2.41 bits per heavy atom. The first-order valence-corrected chi connectivity index (χ1v) is 13.7. The molecule has 0 unspecified atom stereocenters. The number of ether oxygens (including phenoxy) is 2. The van der Waals surface area contributed by atoms with E-state index < -0.39 is 78.0 Å². The fourth-order valence-corrected chi connectivity index (χ4v) is 5.04. The summed E-state index contributed by atoms with van der Waals surface area (Å²) in [6, 6.07) is 0. The van der Waals surface area contributed by atoms with Crippen LogP contribution >= 0.6 is 11.8 Å². The number of Topliss-reactive ketones (excluding diaryl/α,β-unsaturated/α-hetero) is 1. The lowest BCUT2D eigenvalue weighted by Gasteiger charge is -2.34. The van der Waals surface area contributed by atoms with Gasteiger partial charge in [-0.1, -0.05) is 46.4 Å². The van der Waals surface area contributed by atoms with E-state index in [2.05, 4.69) is 6.58 Å². The Bertz CT molecular complexity index is 1040. The number of thioether (sulfide) groups is 1. The molecule has 2 aliphatic rings. The van der Waals surface area contributed by atoms with Gasteiger partial charge in [0.25, 0.3) is 0 Å². The predicted molar refractivity (Wildman–Crippen MR) is 144 cm³/mol. The minimum absolute atomic E-state index is 0.290. The lowest BCUT2D eigenvalue weighted by Crippen LogP contribution is -2.45. The highest BCUT2D eigenvalue weighted by Gasteiger charge is 2.72. The number of ketones is 1. The Labute approximate surface area is 232 Å². The molecule has 2 heterocycles. The van der Waals surface area contributed by atoms with Gasteiger partial charge in [0.15, 0.2) is 5.60 Å². The first-order valence-electron chi connectivity index (χ1n) is 12.8. The summed E-state index contributed by atoms with van der Waals surface area (Å²) < 4.78 is 53.2. The highest BCUT2D eigenvalue weighted by atomic mass is 32.2. The Kier molecular flexibility index (Phi) is 10.7. The second-order valence-corrected chi connectivity index (χ2v) is 12.3. The van der Waals surface area contributed by atoms with Crippen molar-refractivity contribution in [2.75, 3.05) is 0 Å². The van der Waals surface area contributed by atoms with Crippen molar-refractivity contribution in [3.8, 4) is 0 Å². The Hall–Kier alpha value is -2.08. The third-order valence-corrected chi connectivity index (χ3v) is 8.24. The molecule has 0 saturated carbocycles. The summed E-state index contributed by atoms with van der Waals surface area (Å²) in [6.07, 6.45) is -6.96. The van der Waals surface area contributed by atoms with E-state index in [9.17, 15) is 33.0 Å². The van der Waals surface area contributed by atoms with Crippen molar-refractivity contribution in [3.05, 3.63) is 46.4 Å². The Morgan fingerprint density at radius 2 is 1.85 bits per heavy atom. The summed E-state index contributed by atoms with van der Waals surface area (Å²) in [7, 11) is 0. The molecule has 0 amide bonds. The number of aliphatic hydroxyl groups is 2. The van der Waals surface area contributed by atoms with E-state index in [0.717, 1.165) is 4.91 Å². The lowest BCUT2D eigenvalue weighted by atomic mass is 9.73. The molecule has 0 aliphatic carbocycles. The maximum Gasteiger partial charge on any atom is 0.420 e. The number of nitrogens with two attached hydrogens (primary N) is 1. The molecule has 220 valence electrons. The average molecular weight is 576 g/mol. The van der Waals surface area contributed by atoms with Crippen molar-refractivity contribution >= 4 is 23.5 Å². The van der Waals surface area contributed by atoms with Gasteiger partial charge in [-0.15, -0.1) is 11.8 Å². The van der Waals surface area contributed by atoms with Gasteiger partial charge in [0, 0.05) is 30.4 Å². The van der Waals surface area contributed by atoms with Crippen LogP contribution in [0.4, 0.5) is 13.2 Å². The Balaban J connectivity index is 2.49. The summed E-state index contributed by atoms with van der Waals surface area (Å²) in [5, 5.41) is 23.1. The number of alkyl halides is 3. The smallest absolute Gasteiger partial charge is 0.420 e. The van der Waals surface area contributed by atoms with E-state index in [1.807, 2.05) is 0 Å². The van der Waals surface area contributed by atoms with Gasteiger partial charge in [0.05, 0.1) is 24.0 Å². The van der Waals surface area contributed by atoms with Crippen LogP contribution in [0.2, 0.25) is 0 Å². The molecule has 2 rings (SSSR count). The first kappa shape index (κ1) is 33.1. The minimum Gasteiger partial charge on any atom is -0.458 e. The molecule has 0 aromatic heterocycles. The molecule has 0 radical (unpaired) electrons. The van der Waals surface area contributed by atoms with Gasteiger partial charge in [-0.05, 0) is 35.8 Å². The molecule has 7 atom stereocenters. The second-order valence-electron chi connectivity index (χ2n) is 11.1. The molecular weight excluding hydrogens is 535 g/mol. The molecule has 7 nitrogen and oxygen atoms in total. The number of aliphatic hydroxyl groups excluding tert-OH is 2. The summed E-state index contributed by atoms with van der Waals surface area (Å²) in [6.45, 7) is 13.1. The molecular formula is C28H40F3NO6S. The van der Waals surface area contributed by atoms with Crippen LogP contribution in [0.3, 0.4) is 0 Å². The standard InChI is InChI=1S/C28H40F3NO6S/c1-15(2)39-14-19(32)11-17(4)20-12-22-27(38-22,28(29,30)31)10-8-9-16(3)24(35)18(5)25(36)26(6,7)21(33)13-23(34)37-20/h8-9,11,14,16,18,20-22,24,33,35H,1,10,12-13,32H2,2-7H3/b9-8+,17-11+,19-14-/t16-,18+,20-,21-,22-,24-,27+/m0/s1. The van der Waals surface area contributed by atoms with Gasteiger partial charge >= 0.3 is 12.1 Å². The molecule has 39 heavy (non-hydrogen) atoms. The number of hydrogen-bond donors (Lipinski definition) is 3. The summed E-state index contributed by atoms with van der Waals surface area (Å²) in [5.74, 6) is -2.99. The zero-order chi connectivity index (χ0) is 29.9. The highest BCUT2D eigenvalue weighted by Crippen LogP contribution is 2.54. The molecule has 0 aromatic rings. The normalized spacial score (nSPS) is 36.1. The van der Waals surface area contributed by atoms with Gasteiger partial charge in [-0.25, -0.2) is 0 Å². The number of carbonyl (C=O) groups excluding carboxylic acids is 2. The topological polar surface area (TPSA) is 122 Å². The summed E-state index contributed by atoms with van der Waals surface area (Å²) in [5.41, 5.74) is 2.82. The number of carbonyl (C=O) groups is 2. The zero-order valence-electron chi connectivity index (χ0n) is 23.2. The molecule has 0 spiro atoms. The van der Waals surface area contributed by atoms with E-state index in [-0.39, 0.29) is 6.42 Å². The van der Waals surface area contributed by atoms with E-state index >= 15 is 0 Å². The van der Waals surface area contributed by atoms with Crippen LogP contribution in [0.15, 0.2) is 46.4 Å². The Morgan fingerprint density at radius 1 is 1.23 bits per heavy atom. The van der Waals surface area contributed by atoms with E-state index in [1.165, 1.54) is 50.8 Å². The van der Waals surface area contributed by atoms with Crippen LogP contribution in [0.5, 0.6) is 0 Å². The van der Waals surface area contributed by atoms with Crippen LogP contribution in [0, 0.1) is 17.3 Å². The number of allylic oxidation sites excluding steroid dienone is 2. The van der Waals surface area contributed by atoms with Crippen molar-refractivity contribution in [1.29, 1.82) is 0 Å². The molecule has 2 aliphatic heterocycles. The number of halogens is 3. The number of fused-ring (bicyclic) bond motifs is 1. The summed E-state index contributed by atoms with van der Waals surface area (Å²) >= 11 is 1.27. The monoisotopic (exact) mass is 575 g/mol. The SMILES string of the molecule is C=C(C)S/C=C(N)/C=C(\C)[C@@H]1C[C@@H]2O[C@]2(C(F)(F)F)C/C=C/[C@H](C)[C@H](O)[C@@H](C)C(=O)C(C)(C)[C@@H](O)CC(=O)O1. The van der Waals surface area contributed by atoms with E-state index in [1.54, 1.807) is 26.2 Å². The third-order valence-electron chi connectivity index (χ3n) is 7.45. The van der Waals surface area contributed by atoms with E-state index in [0.29, 0.717) is 11.3 Å². The highest BCUT2D eigenvalue weighted by molar-refractivity contribution is 8.05. The van der Waals surface area contributed by atoms with Crippen molar-refractivity contribution in [2.24, 2.45) is 23.0 Å². The van der Waals surface area contributed by atoms with Crippen molar-refractivity contribution in [2.45, 2.75) is 97.0 Å². The third kappa shape index (κ3) is 7.99. The predicted octanol–water partition coefficient (Wildman–Crippen LogP) is 4.94. The number of rotatable bonds is 4. The maximum atomic E-state index is 14.1. The number of hydrogen-bond acceptors (Lipinski definition) is 8. The number of epoxide rings is 1. The first-order chi connectivity index (χ1) is 17.8. The summed E-state index contributed by atoms with van der Waals surface area (Å²) in [4.78, 5) is 26.8. The van der Waals surface area contributed by atoms with Crippen LogP contribution in [-0.2, 0) is 19.1 Å². The maximum absolute atomic E-state index is 14.1. The number of esters is 1. The van der Waals surface area contributed by atoms with Gasteiger partial charge < -0.3 is 25.4 Å². The molecule has 0 bridgehead atoms. The van der Waals surface area contributed by atoms with Gasteiger partial charge in [-0.3, -0.25) is 9.59 Å². The van der Waals surface area contributed by atoms with Crippen molar-refractivity contribution in [1.82, 2.24) is 0 Å². The van der Waals surface area contributed by atoms with Gasteiger partial charge in [0.2, 0.25) is 0 Å². The molecule has 1 saturated heterocycles. The quantitative estimate of drug-likeness (QED) is 0.187. The van der Waals surface area contributed by atoms with Crippen LogP contribution in [0.1, 0.15) is 60.8 Å². The lowest BCUT2D eigenvalue weighted by molar-refractivity contribution is -0.183. The zero-order valence-corrected chi connectivity index (χ0v) is 24.1. The largest absolute Gasteiger partial charge is 0.458 e. The van der Waals surface area contributed by atoms with E-state index in [4.69, 9.17) is 15.2 Å². The fraction of sp³-hybridized carbons (Fsp3) is 0.643. The number of cyclic esters (lactones) is 1. The van der Waals surface area contributed by atoms with Gasteiger partial charge in [-0.2, -0.15) is 13.2 Å². The second kappa shape index (κ2) is 12.6. The minimum atomic E-state index is -4.71. The van der Waals surface area contributed by atoms with Gasteiger partial charge in [0.1, 0.15) is 18.0 Å². The molecule has 0 aromatic carbocycles. The van der Waals surface area contributed by atoms with Crippen LogP contribution < -0.4 is 5.73 Å². The molecule has 1 fully saturated rings. The molecule has 4 N–H and O–H groups in total.